The topological polar surface area (TPSA) is 69.6 Å². The van der Waals surface area contributed by atoms with Gasteiger partial charge in [-0.1, -0.05) is 28.9 Å². The summed E-state index contributed by atoms with van der Waals surface area (Å²) in [5.41, 5.74) is 1.26. The van der Waals surface area contributed by atoms with Crippen molar-refractivity contribution in [2.24, 2.45) is 5.92 Å². The second-order valence-electron chi connectivity index (χ2n) is 4.44. The van der Waals surface area contributed by atoms with Gasteiger partial charge in [0, 0.05) is 23.7 Å². The van der Waals surface area contributed by atoms with Gasteiger partial charge in [0.1, 0.15) is 0 Å². The normalized spacial score (nSPS) is 14.2. The van der Waals surface area contributed by atoms with Crippen LogP contribution >= 0.6 is 15.9 Å². The number of benzene rings is 1. The quantitative estimate of drug-likeness (QED) is 0.753. The lowest BCUT2D eigenvalue weighted by molar-refractivity contribution is 0.0697. The van der Waals surface area contributed by atoms with Gasteiger partial charge < -0.3 is 15.5 Å². The molecule has 1 rings (SSSR count). The van der Waals surface area contributed by atoms with Crippen molar-refractivity contribution in [1.82, 2.24) is 5.32 Å². The number of carboxylic acids is 1. The zero-order chi connectivity index (χ0) is 13.7. The van der Waals surface area contributed by atoms with Crippen molar-refractivity contribution in [3.8, 4) is 0 Å². The molecule has 18 heavy (non-hydrogen) atoms. The number of aromatic carboxylic acids is 1. The molecule has 0 spiro atoms. The number of hydrogen-bond acceptors (Lipinski definition) is 3. The van der Waals surface area contributed by atoms with E-state index in [0.29, 0.717) is 6.54 Å². The van der Waals surface area contributed by atoms with E-state index in [0.717, 1.165) is 10.0 Å². The highest BCUT2D eigenvalue weighted by Crippen LogP contribution is 2.19. The van der Waals surface area contributed by atoms with Gasteiger partial charge in [-0.2, -0.15) is 0 Å². The predicted octanol–water partition coefficient (Wildman–Crippen LogP) is 2.25. The Morgan fingerprint density at radius 1 is 1.44 bits per heavy atom. The van der Waals surface area contributed by atoms with Gasteiger partial charge in [-0.15, -0.1) is 0 Å². The van der Waals surface area contributed by atoms with Crippen LogP contribution in [0.15, 0.2) is 22.7 Å². The first-order valence-electron chi connectivity index (χ1n) is 5.81. The predicted molar refractivity (Wildman–Crippen MR) is 73.7 cm³/mol. The molecule has 0 heterocycles. The molecule has 0 aliphatic heterocycles. The maximum atomic E-state index is 10.8. The Labute approximate surface area is 115 Å². The minimum Gasteiger partial charge on any atom is -0.478 e. The number of hydrogen-bond donors (Lipinski definition) is 3. The molecule has 1 aromatic carbocycles. The van der Waals surface area contributed by atoms with Gasteiger partial charge in [-0.3, -0.25) is 0 Å². The molecule has 0 aliphatic carbocycles. The SMILES string of the molecule is CC(CO)C(C)NCc1ccc(C(=O)O)cc1Br. The highest BCUT2D eigenvalue weighted by Gasteiger charge is 2.11. The van der Waals surface area contributed by atoms with Crippen LogP contribution in [0.1, 0.15) is 29.8 Å². The molecule has 0 radical (unpaired) electrons. The van der Waals surface area contributed by atoms with Gasteiger partial charge >= 0.3 is 5.97 Å². The molecule has 1 aromatic rings. The maximum absolute atomic E-state index is 10.8. The van der Waals surface area contributed by atoms with E-state index in [9.17, 15) is 4.79 Å². The summed E-state index contributed by atoms with van der Waals surface area (Å²) in [4.78, 5) is 10.8. The van der Waals surface area contributed by atoms with Gasteiger partial charge in [-0.05, 0) is 30.5 Å². The number of aliphatic hydroxyl groups is 1. The summed E-state index contributed by atoms with van der Waals surface area (Å²) in [5.74, 6) is -0.750. The molecule has 0 aliphatic rings. The summed E-state index contributed by atoms with van der Waals surface area (Å²) in [6.45, 7) is 4.76. The number of carbonyl (C=O) groups is 1. The summed E-state index contributed by atoms with van der Waals surface area (Å²) >= 11 is 3.37. The monoisotopic (exact) mass is 315 g/mol. The standard InChI is InChI=1S/C13H18BrNO3/c1-8(7-16)9(2)15-6-11-4-3-10(13(17)18)5-12(11)14/h3-5,8-9,15-16H,6-7H2,1-2H3,(H,17,18). The molecule has 0 bridgehead atoms. The lowest BCUT2D eigenvalue weighted by atomic mass is 10.0. The number of carboxylic acid groups (broad SMARTS) is 1. The Morgan fingerprint density at radius 3 is 2.61 bits per heavy atom. The maximum Gasteiger partial charge on any atom is 0.335 e. The minimum absolute atomic E-state index is 0.146. The zero-order valence-electron chi connectivity index (χ0n) is 10.5. The van der Waals surface area contributed by atoms with Gasteiger partial charge in [0.05, 0.1) is 5.56 Å². The van der Waals surface area contributed by atoms with E-state index in [-0.39, 0.29) is 24.1 Å². The summed E-state index contributed by atoms with van der Waals surface area (Å²) < 4.78 is 0.777. The molecular weight excluding hydrogens is 298 g/mol. The molecule has 0 saturated carbocycles. The molecule has 0 fully saturated rings. The van der Waals surface area contributed by atoms with Crippen molar-refractivity contribution in [3.05, 3.63) is 33.8 Å². The lowest BCUT2D eigenvalue weighted by Gasteiger charge is -2.19. The van der Waals surface area contributed by atoms with Crippen LogP contribution in [-0.2, 0) is 6.54 Å². The van der Waals surface area contributed by atoms with Crippen LogP contribution in [0, 0.1) is 5.92 Å². The van der Waals surface area contributed by atoms with Crippen molar-refractivity contribution < 1.29 is 15.0 Å². The highest BCUT2D eigenvalue weighted by molar-refractivity contribution is 9.10. The number of aliphatic hydroxyl groups excluding tert-OH is 1. The fraction of sp³-hybridized carbons (Fsp3) is 0.462. The first-order valence-corrected chi connectivity index (χ1v) is 6.61. The van der Waals surface area contributed by atoms with E-state index in [4.69, 9.17) is 10.2 Å². The van der Waals surface area contributed by atoms with Gasteiger partial charge in [0.15, 0.2) is 0 Å². The second-order valence-corrected chi connectivity index (χ2v) is 5.30. The zero-order valence-corrected chi connectivity index (χ0v) is 12.1. The molecule has 0 aromatic heterocycles. The van der Waals surface area contributed by atoms with Crippen LogP contribution in [0.2, 0.25) is 0 Å². The van der Waals surface area contributed by atoms with Crippen LogP contribution < -0.4 is 5.32 Å². The Morgan fingerprint density at radius 2 is 2.11 bits per heavy atom. The fourth-order valence-electron chi connectivity index (χ4n) is 1.45. The molecule has 0 amide bonds. The van der Waals surface area contributed by atoms with Crippen molar-refractivity contribution >= 4 is 21.9 Å². The molecule has 2 unspecified atom stereocenters. The largest absolute Gasteiger partial charge is 0.478 e. The average Bonchev–Trinajstić information content (AvgIpc) is 2.35. The first-order chi connectivity index (χ1) is 8.45. The Balaban J connectivity index is 2.66. The fourth-order valence-corrected chi connectivity index (χ4v) is 1.97. The van der Waals surface area contributed by atoms with E-state index in [1.165, 1.54) is 0 Å². The highest BCUT2D eigenvalue weighted by atomic mass is 79.9. The van der Waals surface area contributed by atoms with E-state index < -0.39 is 5.97 Å². The molecule has 2 atom stereocenters. The van der Waals surface area contributed by atoms with Gasteiger partial charge in [0.2, 0.25) is 0 Å². The summed E-state index contributed by atoms with van der Waals surface area (Å²) in [5, 5.41) is 21.2. The van der Waals surface area contributed by atoms with Crippen molar-refractivity contribution in [3.63, 3.8) is 0 Å². The third-order valence-electron chi connectivity index (χ3n) is 3.06. The van der Waals surface area contributed by atoms with Crippen molar-refractivity contribution in [1.29, 1.82) is 0 Å². The third-order valence-corrected chi connectivity index (χ3v) is 3.79. The van der Waals surface area contributed by atoms with Crippen LogP contribution in [-0.4, -0.2) is 28.8 Å². The van der Waals surface area contributed by atoms with Gasteiger partial charge in [-0.25, -0.2) is 4.79 Å². The molecule has 5 heteroatoms. The number of nitrogens with one attached hydrogen (secondary N) is 1. The molecule has 0 saturated heterocycles. The number of halogens is 1. The molecule has 100 valence electrons. The average molecular weight is 316 g/mol. The minimum atomic E-state index is -0.933. The first kappa shape index (κ1) is 15.1. The van der Waals surface area contributed by atoms with E-state index in [1.807, 2.05) is 13.8 Å². The molecule has 4 nitrogen and oxygen atoms in total. The second kappa shape index (κ2) is 6.87. The van der Waals surface area contributed by atoms with Crippen molar-refractivity contribution in [2.45, 2.75) is 26.4 Å². The lowest BCUT2D eigenvalue weighted by Crippen LogP contribution is -2.33. The van der Waals surface area contributed by atoms with E-state index in [2.05, 4.69) is 21.2 Å². The summed E-state index contributed by atoms with van der Waals surface area (Å²) in [6, 6.07) is 5.17. The van der Waals surface area contributed by atoms with Crippen LogP contribution in [0.5, 0.6) is 0 Å². The van der Waals surface area contributed by atoms with Crippen LogP contribution in [0.25, 0.3) is 0 Å². The van der Waals surface area contributed by atoms with Crippen molar-refractivity contribution in [2.75, 3.05) is 6.61 Å². The number of rotatable bonds is 6. The van der Waals surface area contributed by atoms with Crippen LogP contribution in [0.4, 0.5) is 0 Å². The van der Waals surface area contributed by atoms with Gasteiger partial charge in [0.25, 0.3) is 0 Å². The van der Waals surface area contributed by atoms with Crippen LogP contribution in [0.3, 0.4) is 0 Å². The Hall–Kier alpha value is -0.910. The summed E-state index contributed by atoms with van der Waals surface area (Å²) in [7, 11) is 0. The Kier molecular flexibility index (Phi) is 5.78. The third kappa shape index (κ3) is 4.08. The molecule has 3 N–H and O–H groups in total. The van der Waals surface area contributed by atoms with E-state index in [1.54, 1.807) is 18.2 Å². The smallest absolute Gasteiger partial charge is 0.335 e. The molecular formula is C13H18BrNO3. The Bertz CT molecular complexity index is 423. The summed E-state index contributed by atoms with van der Waals surface area (Å²) in [6.07, 6.45) is 0. The van der Waals surface area contributed by atoms with E-state index >= 15 is 0 Å².